The number of benzene rings is 5. The number of hydrogen-bond acceptors (Lipinski definition) is 0. The van der Waals surface area contributed by atoms with Crippen LogP contribution in [0.3, 0.4) is 0 Å². The van der Waals surface area contributed by atoms with Gasteiger partial charge >= 0.3 is 0 Å². The summed E-state index contributed by atoms with van der Waals surface area (Å²) in [6.07, 6.45) is 0. The minimum absolute atomic E-state index is 1.28. The molecule has 0 spiro atoms. The molecule has 188 valence electrons. The fourth-order valence-electron chi connectivity index (χ4n) is 4.29. The average molecular weight is 485 g/mol. The summed E-state index contributed by atoms with van der Waals surface area (Å²) in [4.78, 5) is 0. The normalized spacial score (nSPS) is 10.0. The lowest BCUT2D eigenvalue weighted by Crippen LogP contribution is -1.87. The summed E-state index contributed by atoms with van der Waals surface area (Å²) in [5.41, 5.74) is 14.9. The first-order valence-corrected chi connectivity index (χ1v) is 13.1. The van der Waals surface area contributed by atoms with Crippen LogP contribution in [0.4, 0.5) is 0 Å². The van der Waals surface area contributed by atoms with Crippen LogP contribution >= 0.6 is 0 Å². The van der Waals surface area contributed by atoms with E-state index >= 15 is 0 Å². The maximum absolute atomic E-state index is 2.20. The lowest BCUT2D eigenvalue weighted by molar-refractivity contribution is 1.27. The summed E-state index contributed by atoms with van der Waals surface area (Å²) in [5, 5.41) is 0. The van der Waals surface area contributed by atoms with Crippen molar-refractivity contribution in [1.82, 2.24) is 0 Å². The Morgan fingerprint density at radius 1 is 0.270 bits per heavy atom. The van der Waals surface area contributed by atoms with Crippen LogP contribution in [0.1, 0.15) is 38.9 Å². The predicted molar refractivity (Wildman–Crippen MR) is 163 cm³/mol. The zero-order valence-corrected chi connectivity index (χ0v) is 23.5. The van der Waals surface area contributed by atoms with Crippen LogP contribution in [0.25, 0.3) is 22.3 Å². The lowest BCUT2D eigenvalue weighted by Gasteiger charge is -2.11. The lowest BCUT2D eigenvalue weighted by atomic mass is 9.93. The molecule has 0 fully saturated rings. The van der Waals surface area contributed by atoms with E-state index in [2.05, 4.69) is 164 Å². The van der Waals surface area contributed by atoms with E-state index in [-0.39, 0.29) is 0 Å². The third-order valence-corrected chi connectivity index (χ3v) is 7.25. The van der Waals surface area contributed by atoms with Gasteiger partial charge < -0.3 is 0 Å². The summed E-state index contributed by atoms with van der Waals surface area (Å²) in [7, 11) is 0. The van der Waals surface area contributed by atoms with Crippen molar-refractivity contribution in [2.24, 2.45) is 0 Å². The maximum atomic E-state index is 2.20. The SMILES string of the molecule is Cc1c(-c2ccccc2)cccc1-c1ccccc1.Cc1cccc(C)c1C.Cc1cccc(C)c1C. The van der Waals surface area contributed by atoms with Gasteiger partial charge in [0.25, 0.3) is 0 Å². The van der Waals surface area contributed by atoms with Crippen LogP contribution in [-0.4, -0.2) is 0 Å². The molecule has 0 heterocycles. The van der Waals surface area contributed by atoms with E-state index in [1.807, 2.05) is 0 Å². The van der Waals surface area contributed by atoms with E-state index in [1.165, 1.54) is 61.2 Å². The quantitative estimate of drug-likeness (QED) is 0.234. The molecule has 0 unspecified atom stereocenters. The molecule has 0 saturated heterocycles. The monoisotopic (exact) mass is 484 g/mol. The fraction of sp³-hybridized carbons (Fsp3) is 0.189. The first-order valence-electron chi connectivity index (χ1n) is 13.1. The predicted octanol–water partition coefficient (Wildman–Crippen LogP) is 10.6. The summed E-state index contributed by atoms with van der Waals surface area (Å²) in [5.74, 6) is 0. The first-order chi connectivity index (χ1) is 17.8. The van der Waals surface area contributed by atoms with Gasteiger partial charge in [-0.1, -0.05) is 115 Å². The highest BCUT2D eigenvalue weighted by Crippen LogP contribution is 2.31. The molecule has 0 aromatic heterocycles. The molecule has 5 aromatic carbocycles. The van der Waals surface area contributed by atoms with E-state index in [4.69, 9.17) is 0 Å². The standard InChI is InChI=1S/C19H16.2C9H12/c1-15-18(16-9-4-2-5-10-16)13-8-14-19(15)17-11-6-3-7-12-17;2*1-7-5-4-6-8(2)9(7)3/h2-14H,1H3;2*4-6H,1-3H3. The molecule has 0 aliphatic heterocycles. The molecule has 0 aliphatic rings. The van der Waals surface area contributed by atoms with E-state index in [9.17, 15) is 0 Å². The van der Waals surface area contributed by atoms with E-state index in [0.29, 0.717) is 0 Å². The van der Waals surface area contributed by atoms with Crippen molar-refractivity contribution < 1.29 is 0 Å². The third kappa shape index (κ3) is 7.54. The second-order valence-electron chi connectivity index (χ2n) is 9.74. The van der Waals surface area contributed by atoms with Crippen molar-refractivity contribution in [2.45, 2.75) is 48.5 Å². The Kier molecular flexibility index (Phi) is 10.0. The topological polar surface area (TPSA) is 0 Å². The summed E-state index contributed by atoms with van der Waals surface area (Å²) in [6.45, 7) is 15.1. The van der Waals surface area contributed by atoms with Crippen molar-refractivity contribution >= 4 is 0 Å². The van der Waals surface area contributed by atoms with Gasteiger partial charge in [0.1, 0.15) is 0 Å². The van der Waals surface area contributed by atoms with Crippen molar-refractivity contribution in [3.8, 4) is 22.3 Å². The Labute approximate surface area is 224 Å². The molecule has 0 saturated carbocycles. The number of rotatable bonds is 2. The van der Waals surface area contributed by atoms with Gasteiger partial charge in [-0.2, -0.15) is 0 Å². The van der Waals surface area contributed by atoms with Gasteiger partial charge in [0.2, 0.25) is 0 Å². The molecule has 0 atom stereocenters. The Balaban J connectivity index is 0.000000176. The second-order valence-corrected chi connectivity index (χ2v) is 9.74. The molecule has 5 aromatic rings. The Morgan fingerprint density at radius 3 is 0.865 bits per heavy atom. The molecule has 0 radical (unpaired) electrons. The maximum Gasteiger partial charge on any atom is -0.0149 e. The highest BCUT2D eigenvalue weighted by molar-refractivity contribution is 5.78. The zero-order valence-electron chi connectivity index (χ0n) is 23.5. The summed E-state index contributed by atoms with van der Waals surface area (Å²) in [6, 6.07) is 40.4. The van der Waals surface area contributed by atoms with Gasteiger partial charge in [0, 0.05) is 0 Å². The second kappa shape index (κ2) is 13.4. The molecule has 0 nitrogen and oxygen atoms in total. The van der Waals surface area contributed by atoms with Gasteiger partial charge in [-0.05, 0) is 110 Å². The molecular weight excluding hydrogens is 444 g/mol. The summed E-state index contributed by atoms with van der Waals surface area (Å²) < 4.78 is 0. The first kappa shape index (κ1) is 27.7. The van der Waals surface area contributed by atoms with Gasteiger partial charge in [0.05, 0.1) is 0 Å². The zero-order chi connectivity index (χ0) is 26.8. The minimum atomic E-state index is 1.28. The van der Waals surface area contributed by atoms with Gasteiger partial charge in [-0.15, -0.1) is 0 Å². The molecule has 5 rings (SSSR count). The number of hydrogen-bond donors (Lipinski definition) is 0. The van der Waals surface area contributed by atoms with Crippen molar-refractivity contribution in [3.63, 3.8) is 0 Å². The van der Waals surface area contributed by atoms with Crippen molar-refractivity contribution in [3.05, 3.63) is 154 Å². The Bertz CT molecular complexity index is 1260. The van der Waals surface area contributed by atoms with E-state index in [1.54, 1.807) is 0 Å². The summed E-state index contributed by atoms with van der Waals surface area (Å²) >= 11 is 0. The fourth-order valence-corrected chi connectivity index (χ4v) is 4.29. The van der Waals surface area contributed by atoms with E-state index in [0.717, 1.165) is 0 Å². The van der Waals surface area contributed by atoms with Crippen LogP contribution in [0.5, 0.6) is 0 Å². The molecule has 0 bridgehead atoms. The Hall–Kier alpha value is -3.90. The van der Waals surface area contributed by atoms with Gasteiger partial charge in [-0.25, -0.2) is 0 Å². The van der Waals surface area contributed by atoms with Crippen LogP contribution in [0.15, 0.2) is 115 Å². The largest absolute Gasteiger partial charge is 0.0622 e. The smallest absolute Gasteiger partial charge is 0.0149 e. The Morgan fingerprint density at radius 2 is 0.568 bits per heavy atom. The molecular formula is C37H40. The minimum Gasteiger partial charge on any atom is -0.0622 e. The van der Waals surface area contributed by atoms with Crippen LogP contribution in [-0.2, 0) is 0 Å². The molecule has 0 aliphatic carbocycles. The molecule has 0 amide bonds. The van der Waals surface area contributed by atoms with Crippen LogP contribution in [0.2, 0.25) is 0 Å². The molecule has 37 heavy (non-hydrogen) atoms. The van der Waals surface area contributed by atoms with Crippen molar-refractivity contribution in [2.75, 3.05) is 0 Å². The van der Waals surface area contributed by atoms with Crippen LogP contribution in [0, 0.1) is 48.5 Å². The highest BCUT2D eigenvalue weighted by Gasteiger charge is 2.07. The van der Waals surface area contributed by atoms with Crippen LogP contribution < -0.4 is 0 Å². The molecule has 0 heteroatoms. The highest BCUT2D eigenvalue weighted by atomic mass is 14.1. The molecule has 0 N–H and O–H groups in total. The average Bonchev–Trinajstić information content (AvgIpc) is 2.92. The van der Waals surface area contributed by atoms with Gasteiger partial charge in [-0.3, -0.25) is 0 Å². The van der Waals surface area contributed by atoms with Crippen molar-refractivity contribution in [1.29, 1.82) is 0 Å². The number of aryl methyl sites for hydroxylation is 4. The van der Waals surface area contributed by atoms with E-state index < -0.39 is 0 Å². The van der Waals surface area contributed by atoms with Gasteiger partial charge in [0.15, 0.2) is 0 Å². The third-order valence-electron chi connectivity index (χ3n) is 7.25.